The first-order valence-corrected chi connectivity index (χ1v) is 7.69. The van der Waals surface area contributed by atoms with E-state index in [2.05, 4.69) is 44.3 Å². The Morgan fingerprint density at radius 1 is 1.05 bits per heavy atom. The fourth-order valence-electron chi connectivity index (χ4n) is 2.32. The maximum absolute atomic E-state index is 6.23. The van der Waals surface area contributed by atoms with Crippen LogP contribution in [0.15, 0.2) is 36.4 Å². The van der Waals surface area contributed by atoms with E-state index >= 15 is 0 Å². The van der Waals surface area contributed by atoms with Gasteiger partial charge in [-0.3, -0.25) is 0 Å². The van der Waals surface area contributed by atoms with E-state index in [1.54, 1.807) is 0 Å². The highest BCUT2D eigenvalue weighted by Gasteiger charge is 2.03. The van der Waals surface area contributed by atoms with Crippen LogP contribution >= 0.6 is 11.6 Å². The Morgan fingerprint density at radius 2 is 1.76 bits per heavy atom. The molecule has 0 aliphatic heterocycles. The lowest BCUT2D eigenvalue weighted by Gasteiger charge is -2.11. The van der Waals surface area contributed by atoms with Gasteiger partial charge < -0.3 is 10.1 Å². The van der Waals surface area contributed by atoms with Gasteiger partial charge in [0.25, 0.3) is 0 Å². The zero-order valence-corrected chi connectivity index (χ0v) is 13.6. The highest BCUT2D eigenvalue weighted by atomic mass is 35.5. The summed E-state index contributed by atoms with van der Waals surface area (Å²) in [5.41, 5.74) is 4.85. The number of ether oxygens (including phenoxy) is 1. The van der Waals surface area contributed by atoms with Crippen LogP contribution in [0.4, 0.5) is 5.69 Å². The van der Waals surface area contributed by atoms with Gasteiger partial charge in [0.05, 0.1) is 11.6 Å². The summed E-state index contributed by atoms with van der Waals surface area (Å²) in [7, 11) is 0. The Labute approximate surface area is 132 Å². The average molecular weight is 304 g/mol. The monoisotopic (exact) mass is 303 g/mol. The van der Waals surface area contributed by atoms with Gasteiger partial charge in [-0.1, -0.05) is 47.9 Å². The Kier molecular flexibility index (Phi) is 5.51. The van der Waals surface area contributed by atoms with Crippen LogP contribution in [0.25, 0.3) is 0 Å². The van der Waals surface area contributed by atoms with Crippen LogP contribution in [0, 0.1) is 13.8 Å². The standard InChI is InChI=1S/C18H22ClNO/c1-4-7-21-18-6-5-16(11-17(18)19)20-12-15-9-13(2)8-14(3)10-15/h5-6,8-11,20H,4,7,12H2,1-3H3. The molecule has 0 amide bonds. The van der Waals surface area contributed by atoms with Gasteiger partial charge in [-0.15, -0.1) is 0 Å². The Balaban J connectivity index is 2.01. The van der Waals surface area contributed by atoms with Crippen LogP contribution in [-0.4, -0.2) is 6.61 Å². The summed E-state index contributed by atoms with van der Waals surface area (Å²) in [6.45, 7) is 7.79. The van der Waals surface area contributed by atoms with Crippen LogP contribution < -0.4 is 10.1 Å². The third-order valence-corrected chi connectivity index (χ3v) is 3.47. The van der Waals surface area contributed by atoms with E-state index in [1.807, 2.05) is 18.2 Å². The van der Waals surface area contributed by atoms with Crippen molar-refractivity contribution in [3.63, 3.8) is 0 Å². The van der Waals surface area contributed by atoms with Gasteiger partial charge in [0, 0.05) is 12.2 Å². The number of aryl methyl sites for hydroxylation is 2. The minimum atomic E-state index is 0.647. The van der Waals surface area contributed by atoms with Gasteiger partial charge in [-0.05, 0) is 44.0 Å². The van der Waals surface area contributed by atoms with E-state index < -0.39 is 0 Å². The molecule has 0 aliphatic carbocycles. The number of hydrogen-bond acceptors (Lipinski definition) is 2. The second-order valence-corrected chi connectivity index (χ2v) is 5.75. The predicted octanol–water partition coefficient (Wildman–Crippen LogP) is 5.36. The second kappa shape index (κ2) is 7.37. The van der Waals surface area contributed by atoms with Gasteiger partial charge in [0.2, 0.25) is 0 Å². The molecule has 0 heterocycles. The van der Waals surface area contributed by atoms with E-state index in [0.29, 0.717) is 11.6 Å². The number of rotatable bonds is 6. The van der Waals surface area contributed by atoms with Crippen LogP contribution in [-0.2, 0) is 6.54 Å². The molecule has 112 valence electrons. The summed E-state index contributed by atoms with van der Waals surface area (Å²) in [6, 6.07) is 12.4. The molecule has 0 aromatic heterocycles. The first kappa shape index (κ1) is 15.7. The van der Waals surface area contributed by atoms with E-state index in [9.17, 15) is 0 Å². The number of benzene rings is 2. The third-order valence-electron chi connectivity index (χ3n) is 3.17. The summed E-state index contributed by atoms with van der Waals surface area (Å²) < 4.78 is 5.58. The molecule has 3 heteroatoms. The minimum Gasteiger partial charge on any atom is -0.492 e. The smallest absolute Gasteiger partial charge is 0.138 e. The van der Waals surface area contributed by atoms with Crippen molar-refractivity contribution in [1.29, 1.82) is 0 Å². The fourth-order valence-corrected chi connectivity index (χ4v) is 2.55. The highest BCUT2D eigenvalue weighted by molar-refractivity contribution is 6.32. The first-order chi connectivity index (χ1) is 10.1. The molecule has 0 saturated carbocycles. The summed E-state index contributed by atoms with van der Waals surface area (Å²) in [4.78, 5) is 0. The molecular weight excluding hydrogens is 282 g/mol. The largest absolute Gasteiger partial charge is 0.492 e. The molecular formula is C18H22ClNO. The molecule has 21 heavy (non-hydrogen) atoms. The van der Waals surface area contributed by atoms with Crippen molar-refractivity contribution in [1.82, 2.24) is 0 Å². The maximum Gasteiger partial charge on any atom is 0.138 e. The number of halogens is 1. The first-order valence-electron chi connectivity index (χ1n) is 7.32. The molecule has 0 spiro atoms. The molecule has 2 nitrogen and oxygen atoms in total. The molecule has 0 aliphatic rings. The second-order valence-electron chi connectivity index (χ2n) is 5.34. The van der Waals surface area contributed by atoms with Gasteiger partial charge >= 0.3 is 0 Å². The fraction of sp³-hybridized carbons (Fsp3) is 0.333. The summed E-state index contributed by atoms with van der Waals surface area (Å²) in [5.74, 6) is 0.746. The molecule has 2 aromatic carbocycles. The van der Waals surface area contributed by atoms with E-state index in [0.717, 1.165) is 24.4 Å². The zero-order valence-electron chi connectivity index (χ0n) is 12.9. The van der Waals surface area contributed by atoms with Crippen molar-refractivity contribution >= 4 is 17.3 Å². The average Bonchev–Trinajstić information content (AvgIpc) is 2.43. The van der Waals surface area contributed by atoms with Crippen molar-refractivity contribution in [2.75, 3.05) is 11.9 Å². The van der Waals surface area contributed by atoms with E-state index in [-0.39, 0.29) is 0 Å². The van der Waals surface area contributed by atoms with Gasteiger partial charge in [0.1, 0.15) is 5.75 Å². The molecule has 1 N–H and O–H groups in total. The van der Waals surface area contributed by atoms with Gasteiger partial charge in [-0.25, -0.2) is 0 Å². The molecule has 0 fully saturated rings. The van der Waals surface area contributed by atoms with Crippen LogP contribution in [0.3, 0.4) is 0 Å². The summed E-state index contributed by atoms with van der Waals surface area (Å²) in [6.07, 6.45) is 0.975. The van der Waals surface area contributed by atoms with Crippen molar-refractivity contribution in [3.05, 3.63) is 58.1 Å². The summed E-state index contributed by atoms with van der Waals surface area (Å²) in [5, 5.41) is 4.05. The minimum absolute atomic E-state index is 0.647. The number of anilines is 1. The third kappa shape index (κ3) is 4.68. The lowest BCUT2D eigenvalue weighted by Crippen LogP contribution is -2.01. The molecule has 0 unspecified atom stereocenters. The normalized spacial score (nSPS) is 10.5. The van der Waals surface area contributed by atoms with E-state index in [1.165, 1.54) is 16.7 Å². The summed E-state index contributed by atoms with van der Waals surface area (Å²) >= 11 is 6.23. The Hall–Kier alpha value is -1.67. The maximum atomic E-state index is 6.23. The van der Waals surface area contributed by atoms with E-state index in [4.69, 9.17) is 16.3 Å². The molecule has 0 atom stereocenters. The molecule has 2 aromatic rings. The quantitative estimate of drug-likeness (QED) is 0.776. The number of hydrogen-bond donors (Lipinski definition) is 1. The Morgan fingerprint density at radius 3 is 2.38 bits per heavy atom. The van der Waals surface area contributed by atoms with Crippen molar-refractivity contribution in [2.45, 2.75) is 33.7 Å². The molecule has 0 bridgehead atoms. The zero-order chi connectivity index (χ0) is 15.2. The predicted molar refractivity (Wildman–Crippen MR) is 90.5 cm³/mol. The van der Waals surface area contributed by atoms with Crippen LogP contribution in [0.5, 0.6) is 5.75 Å². The highest BCUT2D eigenvalue weighted by Crippen LogP contribution is 2.28. The number of nitrogens with one attached hydrogen (secondary N) is 1. The van der Waals surface area contributed by atoms with Crippen LogP contribution in [0.1, 0.15) is 30.0 Å². The lowest BCUT2D eigenvalue weighted by atomic mass is 10.1. The van der Waals surface area contributed by atoms with Crippen molar-refractivity contribution in [2.24, 2.45) is 0 Å². The SMILES string of the molecule is CCCOc1ccc(NCc2cc(C)cc(C)c2)cc1Cl. The van der Waals surface area contributed by atoms with Crippen molar-refractivity contribution < 1.29 is 4.74 Å². The van der Waals surface area contributed by atoms with Crippen molar-refractivity contribution in [3.8, 4) is 5.75 Å². The Bertz CT molecular complexity index is 590. The topological polar surface area (TPSA) is 21.3 Å². The van der Waals surface area contributed by atoms with Crippen LogP contribution in [0.2, 0.25) is 5.02 Å². The lowest BCUT2D eigenvalue weighted by molar-refractivity contribution is 0.317. The van der Waals surface area contributed by atoms with Gasteiger partial charge in [-0.2, -0.15) is 0 Å². The molecule has 2 rings (SSSR count). The molecule has 0 saturated heterocycles. The van der Waals surface area contributed by atoms with Gasteiger partial charge in [0.15, 0.2) is 0 Å². The molecule has 0 radical (unpaired) electrons.